The molecule has 0 radical (unpaired) electrons. The maximum Gasteiger partial charge on any atom is 0.303 e. The minimum Gasteiger partial charge on any atom is -0.481 e. The molecule has 0 aliphatic rings. The van der Waals surface area contributed by atoms with Gasteiger partial charge in [0.25, 0.3) is 0 Å². The van der Waals surface area contributed by atoms with Crippen LogP contribution in [0.1, 0.15) is 28.8 Å². The van der Waals surface area contributed by atoms with E-state index in [0.717, 1.165) is 0 Å². The van der Waals surface area contributed by atoms with Crippen LogP contribution in [-0.4, -0.2) is 16.9 Å². The number of hydrogen-bond donors (Lipinski definition) is 1. The van der Waals surface area contributed by atoms with Gasteiger partial charge in [-0.25, -0.2) is 4.39 Å². The number of hydrogen-bond acceptors (Lipinski definition) is 2. The molecule has 0 saturated carbocycles. The highest BCUT2D eigenvalue weighted by Crippen LogP contribution is 2.21. The Balaban J connectivity index is 2.30. The Bertz CT molecular complexity index is 688. The number of halogens is 1. The molecule has 0 heterocycles. The third-order valence-electron chi connectivity index (χ3n) is 3.19. The van der Waals surface area contributed by atoms with Crippen LogP contribution in [0.5, 0.6) is 0 Å². The van der Waals surface area contributed by atoms with Crippen molar-refractivity contribution in [1.82, 2.24) is 0 Å². The third kappa shape index (κ3) is 4.38. The molecule has 112 valence electrons. The van der Waals surface area contributed by atoms with E-state index in [2.05, 4.69) is 0 Å². The number of carbonyl (C=O) groups excluding carboxylic acids is 1. The molecular formula is C18H15FO3. The summed E-state index contributed by atoms with van der Waals surface area (Å²) in [6.45, 7) is 0. The molecule has 0 aliphatic heterocycles. The van der Waals surface area contributed by atoms with Crippen LogP contribution in [0, 0.1) is 5.82 Å². The summed E-state index contributed by atoms with van der Waals surface area (Å²) in [5, 5.41) is 8.83. The lowest BCUT2D eigenvalue weighted by atomic mass is 9.98. The Morgan fingerprint density at radius 2 is 1.55 bits per heavy atom. The van der Waals surface area contributed by atoms with Gasteiger partial charge in [-0.15, -0.1) is 0 Å². The fraction of sp³-hybridized carbons (Fsp3) is 0.111. The van der Waals surface area contributed by atoms with E-state index < -0.39 is 5.97 Å². The highest BCUT2D eigenvalue weighted by atomic mass is 19.1. The number of allylic oxidation sites excluding steroid dienone is 2. The summed E-state index contributed by atoms with van der Waals surface area (Å²) in [4.78, 5) is 23.0. The lowest BCUT2D eigenvalue weighted by Gasteiger charge is -2.07. The van der Waals surface area contributed by atoms with E-state index in [0.29, 0.717) is 16.7 Å². The van der Waals surface area contributed by atoms with Crippen molar-refractivity contribution in [3.63, 3.8) is 0 Å². The minimum absolute atomic E-state index is 0.0920. The number of carboxylic acids is 1. The Hall–Kier alpha value is -2.75. The van der Waals surface area contributed by atoms with E-state index in [1.54, 1.807) is 36.4 Å². The lowest BCUT2D eigenvalue weighted by Crippen LogP contribution is -2.00. The van der Waals surface area contributed by atoms with Gasteiger partial charge in [0.1, 0.15) is 5.82 Å². The molecular weight excluding hydrogens is 283 g/mol. The molecule has 22 heavy (non-hydrogen) atoms. The maximum absolute atomic E-state index is 13.0. The molecule has 0 unspecified atom stereocenters. The second-order valence-electron chi connectivity index (χ2n) is 4.80. The van der Waals surface area contributed by atoms with Gasteiger partial charge in [-0.05, 0) is 35.8 Å². The average molecular weight is 298 g/mol. The Kier molecular flexibility index (Phi) is 5.20. The van der Waals surface area contributed by atoms with Gasteiger partial charge in [0, 0.05) is 12.0 Å². The maximum atomic E-state index is 13.0. The summed E-state index contributed by atoms with van der Waals surface area (Å²) in [6, 6.07) is 14.4. The molecule has 0 aliphatic carbocycles. The van der Waals surface area contributed by atoms with Gasteiger partial charge >= 0.3 is 5.97 Å². The number of aliphatic carboxylic acids is 1. The van der Waals surface area contributed by atoms with E-state index in [4.69, 9.17) is 5.11 Å². The molecule has 2 aromatic carbocycles. The molecule has 2 aromatic rings. The van der Waals surface area contributed by atoms with Crippen molar-refractivity contribution in [1.29, 1.82) is 0 Å². The predicted molar refractivity (Wildman–Crippen MR) is 82.0 cm³/mol. The first kappa shape index (κ1) is 15.6. The van der Waals surface area contributed by atoms with Gasteiger partial charge in [-0.1, -0.05) is 42.5 Å². The molecule has 3 nitrogen and oxygen atoms in total. The Morgan fingerprint density at radius 1 is 0.909 bits per heavy atom. The van der Waals surface area contributed by atoms with Crippen molar-refractivity contribution in [2.24, 2.45) is 0 Å². The number of rotatable bonds is 6. The summed E-state index contributed by atoms with van der Waals surface area (Å²) in [5.74, 6) is -1.53. The van der Waals surface area contributed by atoms with Crippen LogP contribution in [0.25, 0.3) is 5.57 Å². The molecule has 0 aromatic heterocycles. The molecule has 1 N–H and O–H groups in total. The first-order chi connectivity index (χ1) is 10.6. The van der Waals surface area contributed by atoms with Crippen LogP contribution in [0.3, 0.4) is 0 Å². The normalized spacial score (nSPS) is 11.2. The fourth-order valence-corrected chi connectivity index (χ4v) is 2.05. The Labute approximate surface area is 127 Å². The van der Waals surface area contributed by atoms with Crippen LogP contribution < -0.4 is 0 Å². The standard InChI is InChI=1S/C18H15FO3/c19-16-9-6-13(7-10-16)15(8-11-18(21)22)12-17(20)14-4-2-1-3-5-14/h1-7,9-10,12H,8,11H2,(H,21,22). The molecule has 0 spiro atoms. The van der Waals surface area contributed by atoms with Crippen LogP contribution in [-0.2, 0) is 4.79 Å². The molecule has 0 atom stereocenters. The van der Waals surface area contributed by atoms with E-state index in [1.165, 1.54) is 18.2 Å². The van der Waals surface area contributed by atoms with Gasteiger partial charge in [-0.3, -0.25) is 9.59 Å². The van der Waals surface area contributed by atoms with Gasteiger partial charge < -0.3 is 5.11 Å². The summed E-state index contributed by atoms with van der Waals surface area (Å²) in [6.07, 6.45) is 1.54. The SMILES string of the molecule is O=C(O)CCC(=CC(=O)c1ccccc1)c1ccc(F)cc1. The van der Waals surface area contributed by atoms with Crippen LogP contribution in [0.15, 0.2) is 60.7 Å². The van der Waals surface area contributed by atoms with Crippen molar-refractivity contribution < 1.29 is 19.1 Å². The first-order valence-electron chi connectivity index (χ1n) is 6.84. The van der Waals surface area contributed by atoms with Crippen LogP contribution in [0.2, 0.25) is 0 Å². The van der Waals surface area contributed by atoms with Gasteiger partial charge in [0.15, 0.2) is 5.78 Å². The van der Waals surface area contributed by atoms with E-state index in [9.17, 15) is 14.0 Å². The van der Waals surface area contributed by atoms with Crippen molar-refractivity contribution in [2.75, 3.05) is 0 Å². The lowest BCUT2D eigenvalue weighted by molar-refractivity contribution is -0.136. The number of benzene rings is 2. The smallest absolute Gasteiger partial charge is 0.303 e. The molecule has 2 rings (SSSR count). The molecule has 0 fully saturated rings. The molecule has 0 amide bonds. The van der Waals surface area contributed by atoms with E-state index in [-0.39, 0.29) is 24.4 Å². The predicted octanol–water partition coefficient (Wildman–Crippen LogP) is 3.96. The van der Waals surface area contributed by atoms with E-state index >= 15 is 0 Å². The van der Waals surface area contributed by atoms with E-state index in [1.807, 2.05) is 6.07 Å². The average Bonchev–Trinajstić information content (AvgIpc) is 2.53. The highest BCUT2D eigenvalue weighted by molar-refractivity contribution is 6.08. The number of carbonyl (C=O) groups is 2. The monoisotopic (exact) mass is 298 g/mol. The molecule has 4 heteroatoms. The minimum atomic E-state index is -0.944. The summed E-state index contributed by atoms with van der Waals surface area (Å²) >= 11 is 0. The quantitative estimate of drug-likeness (QED) is 0.649. The number of ketones is 1. The summed E-state index contributed by atoms with van der Waals surface area (Å²) in [5.41, 5.74) is 1.75. The van der Waals surface area contributed by atoms with Crippen LogP contribution in [0.4, 0.5) is 4.39 Å². The summed E-state index contributed by atoms with van der Waals surface area (Å²) in [7, 11) is 0. The molecule has 0 saturated heterocycles. The topological polar surface area (TPSA) is 54.4 Å². The van der Waals surface area contributed by atoms with Gasteiger partial charge in [0.2, 0.25) is 0 Å². The van der Waals surface area contributed by atoms with Crippen molar-refractivity contribution in [3.8, 4) is 0 Å². The van der Waals surface area contributed by atoms with Gasteiger partial charge in [-0.2, -0.15) is 0 Å². The zero-order chi connectivity index (χ0) is 15.9. The van der Waals surface area contributed by atoms with Crippen molar-refractivity contribution in [3.05, 3.63) is 77.6 Å². The Morgan fingerprint density at radius 3 is 2.14 bits per heavy atom. The highest BCUT2D eigenvalue weighted by Gasteiger charge is 2.09. The zero-order valence-electron chi connectivity index (χ0n) is 11.8. The van der Waals surface area contributed by atoms with Crippen molar-refractivity contribution >= 4 is 17.3 Å². The second-order valence-corrected chi connectivity index (χ2v) is 4.80. The second kappa shape index (κ2) is 7.31. The van der Waals surface area contributed by atoms with Gasteiger partial charge in [0.05, 0.1) is 0 Å². The van der Waals surface area contributed by atoms with Crippen molar-refractivity contribution in [2.45, 2.75) is 12.8 Å². The number of carboxylic acid groups (broad SMARTS) is 1. The zero-order valence-corrected chi connectivity index (χ0v) is 11.8. The third-order valence-corrected chi connectivity index (χ3v) is 3.19. The first-order valence-corrected chi connectivity index (χ1v) is 6.84. The largest absolute Gasteiger partial charge is 0.481 e. The van der Waals surface area contributed by atoms with Crippen LogP contribution >= 0.6 is 0 Å². The summed E-state index contributed by atoms with van der Waals surface area (Å²) < 4.78 is 13.0. The molecule has 0 bridgehead atoms. The fourth-order valence-electron chi connectivity index (χ4n) is 2.05.